The van der Waals surface area contributed by atoms with Crippen molar-refractivity contribution in [2.24, 2.45) is 12.0 Å². The van der Waals surface area contributed by atoms with Crippen LogP contribution in [0.15, 0.2) is 23.3 Å². The van der Waals surface area contributed by atoms with Crippen LogP contribution in [0.3, 0.4) is 0 Å². The molecule has 1 aromatic rings. The van der Waals surface area contributed by atoms with Crippen LogP contribution in [0.5, 0.6) is 0 Å². The van der Waals surface area contributed by atoms with E-state index in [1.165, 1.54) is 5.69 Å². The van der Waals surface area contributed by atoms with Crippen LogP contribution in [0.25, 0.3) is 0 Å². The average molecular weight is 457 g/mol. The van der Waals surface area contributed by atoms with Gasteiger partial charge >= 0.3 is 0 Å². The van der Waals surface area contributed by atoms with Gasteiger partial charge in [0, 0.05) is 39.1 Å². The van der Waals surface area contributed by atoms with E-state index in [0.717, 1.165) is 19.0 Å². The molecule has 1 rings (SSSR count). The maximum absolute atomic E-state index is 11.4. The molecule has 0 radical (unpaired) electrons. The summed E-state index contributed by atoms with van der Waals surface area (Å²) in [5.74, 6) is 0.851. The largest absolute Gasteiger partial charge is 0.357 e. The SMILES string of the molecule is CCNC(=NCCNS(=O)(=O)CC)N(C)Cc1cccn1C.I. The second-order valence-corrected chi connectivity index (χ2v) is 7.10. The van der Waals surface area contributed by atoms with Gasteiger partial charge in [-0.15, -0.1) is 24.0 Å². The van der Waals surface area contributed by atoms with Gasteiger partial charge in [0.2, 0.25) is 10.0 Å². The summed E-state index contributed by atoms with van der Waals surface area (Å²) >= 11 is 0. The first-order chi connectivity index (χ1) is 10.4. The molecule has 1 aromatic heterocycles. The van der Waals surface area contributed by atoms with Crippen LogP contribution in [0, 0.1) is 0 Å². The fourth-order valence-corrected chi connectivity index (χ4v) is 2.52. The molecule has 0 fully saturated rings. The summed E-state index contributed by atoms with van der Waals surface area (Å²) in [7, 11) is 0.817. The molecule has 0 aliphatic carbocycles. The molecule has 2 N–H and O–H groups in total. The van der Waals surface area contributed by atoms with Gasteiger partial charge in [0.1, 0.15) is 0 Å². The average Bonchev–Trinajstić information content (AvgIpc) is 2.87. The molecule has 0 unspecified atom stereocenters. The van der Waals surface area contributed by atoms with Crippen LogP contribution >= 0.6 is 24.0 Å². The Hall–Kier alpha value is -0.810. The van der Waals surface area contributed by atoms with E-state index >= 15 is 0 Å². The number of halogens is 1. The van der Waals surface area contributed by atoms with E-state index in [-0.39, 0.29) is 29.7 Å². The number of sulfonamides is 1. The number of aromatic nitrogens is 1. The van der Waals surface area contributed by atoms with Gasteiger partial charge in [-0.1, -0.05) is 0 Å². The summed E-state index contributed by atoms with van der Waals surface area (Å²) in [6, 6.07) is 4.07. The first-order valence-electron chi connectivity index (χ1n) is 7.46. The van der Waals surface area contributed by atoms with Crippen molar-refractivity contribution in [3.8, 4) is 0 Å². The molecule has 0 bridgehead atoms. The van der Waals surface area contributed by atoms with Gasteiger partial charge in [-0.2, -0.15) is 0 Å². The molecule has 0 saturated heterocycles. The van der Waals surface area contributed by atoms with Crippen molar-refractivity contribution in [1.29, 1.82) is 0 Å². The highest BCUT2D eigenvalue weighted by atomic mass is 127. The second kappa shape index (κ2) is 10.9. The van der Waals surface area contributed by atoms with Crippen molar-refractivity contribution in [2.75, 3.05) is 32.4 Å². The van der Waals surface area contributed by atoms with Crippen molar-refractivity contribution in [3.63, 3.8) is 0 Å². The van der Waals surface area contributed by atoms with Crippen molar-refractivity contribution in [2.45, 2.75) is 20.4 Å². The molecule has 0 amide bonds. The molecule has 0 aromatic carbocycles. The molecular weight excluding hydrogens is 429 g/mol. The number of nitrogens with one attached hydrogen (secondary N) is 2. The van der Waals surface area contributed by atoms with Gasteiger partial charge in [-0.3, -0.25) is 4.99 Å². The Balaban J connectivity index is 0.00000484. The minimum atomic E-state index is -3.15. The van der Waals surface area contributed by atoms with E-state index in [1.807, 2.05) is 38.2 Å². The molecular formula is C14H28IN5O2S. The van der Waals surface area contributed by atoms with Crippen LogP contribution < -0.4 is 10.0 Å². The highest BCUT2D eigenvalue weighted by molar-refractivity contribution is 14.0. The third-order valence-corrected chi connectivity index (χ3v) is 4.63. The summed E-state index contributed by atoms with van der Waals surface area (Å²) in [4.78, 5) is 6.48. The number of hydrogen-bond donors (Lipinski definition) is 2. The Morgan fingerprint density at radius 1 is 1.39 bits per heavy atom. The van der Waals surface area contributed by atoms with E-state index in [4.69, 9.17) is 0 Å². The number of rotatable bonds is 8. The predicted octanol–water partition coefficient (Wildman–Crippen LogP) is 0.980. The summed E-state index contributed by atoms with van der Waals surface area (Å²) in [5.41, 5.74) is 1.18. The summed E-state index contributed by atoms with van der Waals surface area (Å²) in [6.07, 6.45) is 2.01. The molecule has 0 atom stereocenters. The quantitative estimate of drug-likeness (QED) is 0.264. The zero-order chi connectivity index (χ0) is 16.6. The lowest BCUT2D eigenvalue weighted by atomic mass is 10.4. The van der Waals surface area contributed by atoms with E-state index in [1.54, 1.807) is 6.92 Å². The molecule has 0 saturated carbocycles. The van der Waals surface area contributed by atoms with Crippen LogP contribution in [-0.4, -0.2) is 56.3 Å². The van der Waals surface area contributed by atoms with Gasteiger partial charge < -0.3 is 14.8 Å². The third-order valence-electron chi connectivity index (χ3n) is 3.22. The number of aliphatic imine (C=N–C) groups is 1. The minimum Gasteiger partial charge on any atom is -0.357 e. The number of nitrogens with zero attached hydrogens (tertiary/aromatic N) is 3. The van der Waals surface area contributed by atoms with Crippen LogP contribution in [0.4, 0.5) is 0 Å². The highest BCUT2D eigenvalue weighted by Gasteiger charge is 2.09. The topological polar surface area (TPSA) is 78.7 Å². The van der Waals surface area contributed by atoms with E-state index in [2.05, 4.69) is 25.7 Å². The van der Waals surface area contributed by atoms with Crippen molar-refractivity contribution in [3.05, 3.63) is 24.0 Å². The van der Waals surface area contributed by atoms with Crippen LogP contribution in [0.1, 0.15) is 19.5 Å². The van der Waals surface area contributed by atoms with Crippen LogP contribution in [-0.2, 0) is 23.6 Å². The van der Waals surface area contributed by atoms with Gasteiger partial charge in [0.15, 0.2) is 5.96 Å². The summed E-state index contributed by atoms with van der Waals surface area (Å²) in [5, 5.41) is 3.22. The summed E-state index contributed by atoms with van der Waals surface area (Å²) in [6.45, 7) is 5.82. The Kier molecular flexibility index (Phi) is 10.5. The van der Waals surface area contributed by atoms with Crippen molar-refractivity contribution >= 4 is 40.0 Å². The lowest BCUT2D eigenvalue weighted by Crippen LogP contribution is -2.39. The molecule has 0 aliphatic heterocycles. The van der Waals surface area contributed by atoms with Crippen molar-refractivity contribution in [1.82, 2.24) is 19.5 Å². The zero-order valence-corrected chi connectivity index (χ0v) is 17.4. The first kappa shape index (κ1) is 22.2. The molecule has 134 valence electrons. The Bertz CT molecular complexity index is 586. The van der Waals surface area contributed by atoms with E-state index in [9.17, 15) is 8.42 Å². The van der Waals surface area contributed by atoms with Gasteiger partial charge in [-0.25, -0.2) is 13.1 Å². The lowest BCUT2D eigenvalue weighted by Gasteiger charge is -2.22. The Labute approximate surface area is 156 Å². The molecule has 7 nitrogen and oxygen atoms in total. The lowest BCUT2D eigenvalue weighted by molar-refractivity contribution is 0.462. The molecule has 9 heteroatoms. The van der Waals surface area contributed by atoms with E-state index in [0.29, 0.717) is 13.1 Å². The van der Waals surface area contributed by atoms with Gasteiger partial charge in [0.25, 0.3) is 0 Å². The van der Waals surface area contributed by atoms with Gasteiger partial charge in [-0.05, 0) is 26.0 Å². The monoisotopic (exact) mass is 457 g/mol. The fraction of sp³-hybridized carbons (Fsp3) is 0.643. The van der Waals surface area contributed by atoms with Crippen LogP contribution in [0.2, 0.25) is 0 Å². The predicted molar refractivity (Wildman–Crippen MR) is 106 cm³/mol. The van der Waals surface area contributed by atoms with Crippen molar-refractivity contribution < 1.29 is 8.42 Å². The fourth-order valence-electron chi connectivity index (χ4n) is 1.91. The number of hydrogen-bond acceptors (Lipinski definition) is 3. The first-order valence-corrected chi connectivity index (χ1v) is 9.11. The Morgan fingerprint density at radius 2 is 2.09 bits per heavy atom. The molecule has 1 heterocycles. The Morgan fingerprint density at radius 3 is 2.61 bits per heavy atom. The number of aryl methyl sites for hydroxylation is 1. The molecule has 0 spiro atoms. The smallest absolute Gasteiger partial charge is 0.211 e. The molecule has 0 aliphatic rings. The summed E-state index contributed by atoms with van der Waals surface area (Å²) < 4.78 is 27.3. The molecule has 23 heavy (non-hydrogen) atoms. The second-order valence-electron chi connectivity index (χ2n) is 5.00. The van der Waals surface area contributed by atoms with Gasteiger partial charge in [0.05, 0.1) is 18.8 Å². The normalized spacial score (nSPS) is 11.9. The van der Waals surface area contributed by atoms with E-state index < -0.39 is 10.0 Å². The standard InChI is InChI=1S/C14H27N5O2S.HI/c1-5-15-14(16-9-10-17-22(20,21)6-2)19(4)12-13-8-7-11-18(13)3;/h7-8,11,17H,5-6,9-10,12H2,1-4H3,(H,15,16);1H. The highest BCUT2D eigenvalue weighted by Crippen LogP contribution is 2.03. The third kappa shape index (κ3) is 8.02. The maximum Gasteiger partial charge on any atom is 0.211 e. The minimum absolute atomic E-state index is 0. The maximum atomic E-state index is 11.4. The number of guanidine groups is 1. The zero-order valence-electron chi connectivity index (χ0n) is 14.2.